The van der Waals surface area contributed by atoms with Crippen molar-refractivity contribution in [3.8, 4) is 11.1 Å². The Morgan fingerprint density at radius 1 is 0.917 bits per heavy atom. The van der Waals surface area contributed by atoms with Gasteiger partial charge >= 0.3 is 0 Å². The molecule has 1 aliphatic heterocycles. The van der Waals surface area contributed by atoms with E-state index >= 15 is 0 Å². The van der Waals surface area contributed by atoms with Crippen molar-refractivity contribution in [3.63, 3.8) is 0 Å². The summed E-state index contributed by atoms with van der Waals surface area (Å²) in [7, 11) is 0. The van der Waals surface area contributed by atoms with E-state index < -0.39 is 0 Å². The fourth-order valence-corrected chi connectivity index (χ4v) is 3.24. The molecule has 0 saturated carbocycles. The molecule has 1 heterocycles. The lowest BCUT2D eigenvalue weighted by atomic mass is 10.0. The Morgan fingerprint density at radius 3 is 2.08 bits per heavy atom. The molecule has 0 aliphatic carbocycles. The van der Waals surface area contributed by atoms with E-state index in [-0.39, 0.29) is 5.91 Å². The van der Waals surface area contributed by atoms with Crippen molar-refractivity contribution in [1.82, 2.24) is 9.80 Å². The summed E-state index contributed by atoms with van der Waals surface area (Å²) in [6.07, 6.45) is 1.16. The van der Waals surface area contributed by atoms with Crippen molar-refractivity contribution in [2.75, 3.05) is 26.2 Å². The molecule has 0 bridgehead atoms. The van der Waals surface area contributed by atoms with Gasteiger partial charge in [-0.3, -0.25) is 9.69 Å². The van der Waals surface area contributed by atoms with Crippen molar-refractivity contribution >= 4 is 5.91 Å². The molecule has 1 atom stereocenters. The molecule has 0 aromatic heterocycles. The van der Waals surface area contributed by atoms with Crippen LogP contribution in [0.25, 0.3) is 11.1 Å². The SMILES string of the molecule is CCC(C)N1CCN(C(=O)c2ccc(-c3ccccc3)cc2)CC1. The van der Waals surface area contributed by atoms with Crippen LogP contribution in [-0.4, -0.2) is 47.9 Å². The standard InChI is InChI=1S/C21H26N2O/c1-3-17(2)22-13-15-23(16-14-22)21(24)20-11-9-19(10-12-20)18-7-5-4-6-8-18/h4-12,17H,3,13-16H2,1-2H3. The number of carbonyl (C=O) groups is 1. The maximum atomic E-state index is 12.7. The number of benzene rings is 2. The second-order valence-corrected chi connectivity index (χ2v) is 6.53. The zero-order valence-corrected chi connectivity index (χ0v) is 14.6. The Labute approximate surface area is 144 Å². The molecule has 3 heteroatoms. The van der Waals surface area contributed by atoms with E-state index in [1.807, 2.05) is 47.4 Å². The van der Waals surface area contributed by atoms with Gasteiger partial charge in [-0.2, -0.15) is 0 Å². The monoisotopic (exact) mass is 322 g/mol. The van der Waals surface area contributed by atoms with Crippen molar-refractivity contribution in [2.24, 2.45) is 0 Å². The van der Waals surface area contributed by atoms with E-state index in [1.165, 1.54) is 5.56 Å². The van der Waals surface area contributed by atoms with Crippen LogP contribution in [0.3, 0.4) is 0 Å². The average molecular weight is 322 g/mol. The van der Waals surface area contributed by atoms with E-state index in [0.717, 1.165) is 43.7 Å². The number of nitrogens with zero attached hydrogens (tertiary/aromatic N) is 2. The molecule has 0 spiro atoms. The maximum Gasteiger partial charge on any atom is 0.253 e. The van der Waals surface area contributed by atoms with Gasteiger partial charge in [-0.05, 0) is 36.6 Å². The van der Waals surface area contributed by atoms with Crippen LogP contribution in [0, 0.1) is 0 Å². The van der Waals surface area contributed by atoms with Gasteiger partial charge in [0.2, 0.25) is 0 Å². The quantitative estimate of drug-likeness (QED) is 0.852. The molecule has 24 heavy (non-hydrogen) atoms. The predicted octanol–water partition coefficient (Wildman–Crippen LogP) is 3.91. The molecule has 0 radical (unpaired) electrons. The fraction of sp³-hybridized carbons (Fsp3) is 0.381. The maximum absolute atomic E-state index is 12.7. The number of hydrogen-bond acceptors (Lipinski definition) is 2. The predicted molar refractivity (Wildman–Crippen MR) is 99.1 cm³/mol. The first-order chi connectivity index (χ1) is 11.7. The minimum Gasteiger partial charge on any atom is -0.336 e. The van der Waals surface area contributed by atoms with Crippen molar-refractivity contribution in [3.05, 3.63) is 60.2 Å². The minimum absolute atomic E-state index is 0.151. The second kappa shape index (κ2) is 7.63. The molecule has 3 rings (SSSR count). The minimum atomic E-state index is 0.151. The lowest BCUT2D eigenvalue weighted by Crippen LogP contribution is -2.51. The van der Waals surface area contributed by atoms with Crippen LogP contribution in [0.15, 0.2) is 54.6 Å². The second-order valence-electron chi connectivity index (χ2n) is 6.53. The van der Waals surface area contributed by atoms with E-state index in [0.29, 0.717) is 6.04 Å². The molecule has 2 aromatic rings. The molecule has 2 aromatic carbocycles. The van der Waals surface area contributed by atoms with Gasteiger partial charge in [0, 0.05) is 37.8 Å². The molecule has 126 valence electrons. The Kier molecular flexibility index (Phi) is 5.31. The van der Waals surface area contributed by atoms with Crippen LogP contribution in [-0.2, 0) is 0 Å². The molecule has 3 nitrogen and oxygen atoms in total. The summed E-state index contributed by atoms with van der Waals surface area (Å²) < 4.78 is 0. The molecular weight excluding hydrogens is 296 g/mol. The highest BCUT2D eigenvalue weighted by atomic mass is 16.2. The highest BCUT2D eigenvalue weighted by Gasteiger charge is 2.24. The third kappa shape index (κ3) is 3.68. The van der Waals surface area contributed by atoms with Crippen molar-refractivity contribution in [2.45, 2.75) is 26.3 Å². The third-order valence-corrected chi connectivity index (χ3v) is 5.05. The summed E-state index contributed by atoms with van der Waals surface area (Å²) in [5.74, 6) is 0.151. The van der Waals surface area contributed by atoms with Crippen LogP contribution >= 0.6 is 0 Å². The zero-order chi connectivity index (χ0) is 16.9. The van der Waals surface area contributed by atoms with Crippen LogP contribution in [0.1, 0.15) is 30.6 Å². The molecule has 1 aliphatic rings. The summed E-state index contributed by atoms with van der Waals surface area (Å²) in [5, 5.41) is 0. The smallest absolute Gasteiger partial charge is 0.253 e. The summed E-state index contributed by atoms with van der Waals surface area (Å²) in [4.78, 5) is 17.2. The number of carbonyl (C=O) groups excluding carboxylic acids is 1. The third-order valence-electron chi connectivity index (χ3n) is 5.05. The summed E-state index contributed by atoms with van der Waals surface area (Å²) >= 11 is 0. The van der Waals surface area contributed by atoms with E-state index in [2.05, 4.69) is 30.9 Å². The van der Waals surface area contributed by atoms with Gasteiger partial charge in [0.15, 0.2) is 0 Å². The first kappa shape index (κ1) is 16.7. The highest BCUT2D eigenvalue weighted by Crippen LogP contribution is 2.20. The van der Waals surface area contributed by atoms with Gasteiger partial charge in [0.25, 0.3) is 5.91 Å². The van der Waals surface area contributed by atoms with E-state index in [9.17, 15) is 4.79 Å². The van der Waals surface area contributed by atoms with E-state index in [4.69, 9.17) is 0 Å². The normalized spacial score (nSPS) is 16.8. The van der Waals surface area contributed by atoms with Crippen LogP contribution in [0.2, 0.25) is 0 Å². The molecule has 1 saturated heterocycles. The first-order valence-corrected chi connectivity index (χ1v) is 8.88. The Morgan fingerprint density at radius 2 is 1.50 bits per heavy atom. The molecule has 1 unspecified atom stereocenters. The Balaban J connectivity index is 1.64. The van der Waals surface area contributed by atoms with Gasteiger partial charge in [-0.25, -0.2) is 0 Å². The number of hydrogen-bond donors (Lipinski definition) is 0. The zero-order valence-electron chi connectivity index (χ0n) is 14.6. The van der Waals surface area contributed by atoms with Gasteiger partial charge in [-0.15, -0.1) is 0 Å². The fourth-order valence-electron chi connectivity index (χ4n) is 3.24. The topological polar surface area (TPSA) is 23.6 Å². The van der Waals surface area contributed by atoms with E-state index in [1.54, 1.807) is 0 Å². The number of amides is 1. The average Bonchev–Trinajstić information content (AvgIpc) is 2.68. The summed E-state index contributed by atoms with van der Waals surface area (Å²) in [6.45, 7) is 8.08. The number of piperazine rings is 1. The summed E-state index contributed by atoms with van der Waals surface area (Å²) in [6, 6.07) is 18.8. The molecule has 1 amide bonds. The highest BCUT2D eigenvalue weighted by molar-refractivity contribution is 5.94. The first-order valence-electron chi connectivity index (χ1n) is 8.88. The molecule has 1 fully saturated rings. The van der Waals surface area contributed by atoms with Gasteiger partial charge in [-0.1, -0.05) is 49.4 Å². The van der Waals surface area contributed by atoms with Gasteiger partial charge in [0.1, 0.15) is 0 Å². The van der Waals surface area contributed by atoms with Crippen LogP contribution in [0.4, 0.5) is 0 Å². The molecule has 0 N–H and O–H groups in total. The van der Waals surface area contributed by atoms with Crippen LogP contribution in [0.5, 0.6) is 0 Å². The lowest BCUT2D eigenvalue weighted by Gasteiger charge is -2.37. The van der Waals surface area contributed by atoms with Gasteiger partial charge in [0.05, 0.1) is 0 Å². The lowest BCUT2D eigenvalue weighted by molar-refractivity contribution is 0.0579. The number of rotatable bonds is 4. The largest absolute Gasteiger partial charge is 0.336 e. The molecular formula is C21H26N2O. The van der Waals surface area contributed by atoms with Crippen molar-refractivity contribution < 1.29 is 4.79 Å². The van der Waals surface area contributed by atoms with Gasteiger partial charge < -0.3 is 4.90 Å². The Hall–Kier alpha value is -2.13. The Bertz CT molecular complexity index is 658. The summed E-state index contributed by atoms with van der Waals surface area (Å²) in [5.41, 5.74) is 3.11. The van der Waals surface area contributed by atoms with Crippen LogP contribution < -0.4 is 0 Å². The van der Waals surface area contributed by atoms with Crippen molar-refractivity contribution in [1.29, 1.82) is 0 Å².